The van der Waals surface area contributed by atoms with Crippen molar-refractivity contribution in [3.63, 3.8) is 0 Å². The molecular weight excluding hydrogens is 272 g/mol. The molecular formula is C19H24N2O. The summed E-state index contributed by atoms with van der Waals surface area (Å²) in [7, 11) is 0. The fraction of sp³-hybridized carbons (Fsp3) is 0.368. The summed E-state index contributed by atoms with van der Waals surface area (Å²) in [5.41, 5.74) is 6.25. The lowest BCUT2D eigenvalue weighted by atomic mass is 10.1. The average molecular weight is 296 g/mol. The second-order valence-electron chi connectivity index (χ2n) is 5.94. The molecule has 0 amide bonds. The van der Waals surface area contributed by atoms with Gasteiger partial charge < -0.3 is 4.74 Å². The fourth-order valence-electron chi connectivity index (χ4n) is 2.96. The van der Waals surface area contributed by atoms with E-state index in [0.717, 1.165) is 26.1 Å². The number of ether oxygens (including phenoxy) is 1. The Morgan fingerprint density at radius 3 is 2.50 bits per heavy atom. The number of nitrogens with one attached hydrogen (secondary N) is 1. The first-order valence-electron chi connectivity index (χ1n) is 8.03. The Morgan fingerprint density at radius 1 is 1.09 bits per heavy atom. The van der Waals surface area contributed by atoms with Crippen LogP contribution in [0, 0.1) is 0 Å². The molecule has 116 valence electrons. The van der Waals surface area contributed by atoms with Crippen molar-refractivity contribution in [3.05, 3.63) is 71.8 Å². The summed E-state index contributed by atoms with van der Waals surface area (Å²) in [6, 6.07) is 21.5. The van der Waals surface area contributed by atoms with E-state index < -0.39 is 0 Å². The summed E-state index contributed by atoms with van der Waals surface area (Å²) < 4.78 is 5.91. The van der Waals surface area contributed by atoms with E-state index in [1.54, 1.807) is 0 Å². The average Bonchev–Trinajstić information content (AvgIpc) is 2.57. The molecule has 1 N–H and O–H groups in total. The minimum Gasteiger partial charge on any atom is -0.371 e. The zero-order valence-corrected chi connectivity index (χ0v) is 13.1. The van der Waals surface area contributed by atoms with Gasteiger partial charge in [0.15, 0.2) is 0 Å². The van der Waals surface area contributed by atoms with E-state index in [-0.39, 0.29) is 6.10 Å². The Labute approximate surface area is 132 Å². The third kappa shape index (κ3) is 4.17. The van der Waals surface area contributed by atoms with Gasteiger partial charge in [0.25, 0.3) is 0 Å². The van der Waals surface area contributed by atoms with Crippen LogP contribution >= 0.6 is 0 Å². The van der Waals surface area contributed by atoms with Crippen LogP contribution in [0.1, 0.15) is 24.2 Å². The number of nitrogens with zero attached hydrogens (tertiary/aromatic N) is 1. The summed E-state index contributed by atoms with van der Waals surface area (Å²) in [5.74, 6) is 0. The van der Waals surface area contributed by atoms with E-state index in [0.29, 0.717) is 6.04 Å². The highest BCUT2D eigenvalue weighted by molar-refractivity contribution is 5.18. The molecule has 3 nitrogen and oxygen atoms in total. The number of rotatable bonds is 5. The zero-order chi connectivity index (χ0) is 15.2. The second kappa shape index (κ2) is 7.54. The molecule has 2 atom stereocenters. The van der Waals surface area contributed by atoms with Gasteiger partial charge in [0.05, 0.1) is 12.7 Å². The predicted molar refractivity (Wildman–Crippen MR) is 89.5 cm³/mol. The van der Waals surface area contributed by atoms with Crippen LogP contribution in [0.4, 0.5) is 0 Å². The molecule has 2 unspecified atom stereocenters. The van der Waals surface area contributed by atoms with Crippen LogP contribution in [0.15, 0.2) is 60.7 Å². The van der Waals surface area contributed by atoms with Gasteiger partial charge in [-0.1, -0.05) is 60.7 Å². The Balaban J connectivity index is 1.54. The first kappa shape index (κ1) is 15.2. The third-order valence-electron chi connectivity index (χ3n) is 4.03. The minimum absolute atomic E-state index is 0.159. The molecule has 1 aliphatic rings. The van der Waals surface area contributed by atoms with Gasteiger partial charge in [0, 0.05) is 19.1 Å². The molecule has 1 saturated heterocycles. The van der Waals surface area contributed by atoms with Gasteiger partial charge in [-0.15, -0.1) is 0 Å². The molecule has 0 bridgehead atoms. The van der Waals surface area contributed by atoms with Crippen LogP contribution in [0.25, 0.3) is 0 Å². The lowest BCUT2D eigenvalue weighted by Gasteiger charge is -2.35. The SMILES string of the molecule is CC(Cc1ccccc1)NN1CCOC(c2ccccc2)C1. The third-order valence-corrected chi connectivity index (χ3v) is 4.03. The molecule has 3 rings (SSSR count). The summed E-state index contributed by atoms with van der Waals surface area (Å²) >= 11 is 0. The Hall–Kier alpha value is -1.68. The molecule has 0 aliphatic carbocycles. The van der Waals surface area contributed by atoms with Crippen molar-refractivity contribution < 1.29 is 4.74 Å². The van der Waals surface area contributed by atoms with Gasteiger partial charge in [0.2, 0.25) is 0 Å². The van der Waals surface area contributed by atoms with E-state index in [1.807, 2.05) is 6.07 Å². The van der Waals surface area contributed by atoms with Crippen molar-refractivity contribution in [2.24, 2.45) is 0 Å². The van der Waals surface area contributed by atoms with E-state index in [2.05, 4.69) is 72.0 Å². The highest BCUT2D eigenvalue weighted by Crippen LogP contribution is 2.21. The molecule has 2 aromatic rings. The Kier molecular flexibility index (Phi) is 5.22. The van der Waals surface area contributed by atoms with Gasteiger partial charge in [-0.3, -0.25) is 5.43 Å². The standard InChI is InChI=1S/C19H24N2O/c1-16(14-17-8-4-2-5-9-17)20-21-12-13-22-19(15-21)18-10-6-3-7-11-18/h2-11,16,19-20H,12-15H2,1H3. The van der Waals surface area contributed by atoms with Crippen LogP contribution in [0.5, 0.6) is 0 Å². The Bertz CT molecular complexity index is 558. The predicted octanol–water partition coefficient (Wildman–Crippen LogP) is 3.20. The number of hydrogen-bond acceptors (Lipinski definition) is 3. The molecule has 1 aliphatic heterocycles. The molecule has 3 heteroatoms. The maximum atomic E-state index is 5.91. The van der Waals surface area contributed by atoms with Crippen LogP contribution in [0.3, 0.4) is 0 Å². The Morgan fingerprint density at radius 2 is 1.77 bits per heavy atom. The van der Waals surface area contributed by atoms with Crippen molar-refractivity contribution in [1.82, 2.24) is 10.4 Å². The first-order chi connectivity index (χ1) is 10.8. The normalized spacial score (nSPS) is 20.7. The molecule has 1 heterocycles. The van der Waals surface area contributed by atoms with Gasteiger partial charge in [-0.2, -0.15) is 0 Å². The maximum Gasteiger partial charge on any atom is 0.0966 e. The molecule has 0 aromatic heterocycles. The maximum absolute atomic E-state index is 5.91. The van der Waals surface area contributed by atoms with Crippen LogP contribution < -0.4 is 5.43 Å². The van der Waals surface area contributed by atoms with Crippen LogP contribution in [0.2, 0.25) is 0 Å². The molecule has 22 heavy (non-hydrogen) atoms. The lowest BCUT2D eigenvalue weighted by molar-refractivity contribution is -0.0534. The first-order valence-corrected chi connectivity index (χ1v) is 8.03. The lowest BCUT2D eigenvalue weighted by Crippen LogP contribution is -2.50. The van der Waals surface area contributed by atoms with Crippen molar-refractivity contribution in [2.75, 3.05) is 19.7 Å². The highest BCUT2D eigenvalue weighted by atomic mass is 16.5. The number of benzene rings is 2. The minimum atomic E-state index is 0.159. The van der Waals surface area contributed by atoms with Gasteiger partial charge >= 0.3 is 0 Å². The fourth-order valence-corrected chi connectivity index (χ4v) is 2.96. The van der Waals surface area contributed by atoms with Crippen molar-refractivity contribution in [2.45, 2.75) is 25.5 Å². The second-order valence-corrected chi connectivity index (χ2v) is 5.94. The van der Waals surface area contributed by atoms with E-state index in [9.17, 15) is 0 Å². The largest absolute Gasteiger partial charge is 0.371 e. The quantitative estimate of drug-likeness (QED) is 0.917. The van der Waals surface area contributed by atoms with E-state index in [1.165, 1.54) is 11.1 Å². The smallest absolute Gasteiger partial charge is 0.0966 e. The highest BCUT2D eigenvalue weighted by Gasteiger charge is 2.22. The van der Waals surface area contributed by atoms with E-state index >= 15 is 0 Å². The van der Waals surface area contributed by atoms with Gasteiger partial charge in [0.1, 0.15) is 0 Å². The molecule has 0 saturated carbocycles. The van der Waals surface area contributed by atoms with Crippen molar-refractivity contribution in [1.29, 1.82) is 0 Å². The summed E-state index contributed by atoms with van der Waals surface area (Å²) in [5, 5.41) is 2.30. The monoisotopic (exact) mass is 296 g/mol. The van der Waals surface area contributed by atoms with Crippen molar-refractivity contribution in [3.8, 4) is 0 Å². The van der Waals surface area contributed by atoms with E-state index in [4.69, 9.17) is 4.74 Å². The zero-order valence-electron chi connectivity index (χ0n) is 13.1. The van der Waals surface area contributed by atoms with Gasteiger partial charge in [-0.25, -0.2) is 5.01 Å². The molecule has 0 radical (unpaired) electrons. The van der Waals surface area contributed by atoms with Crippen LogP contribution in [-0.4, -0.2) is 30.7 Å². The topological polar surface area (TPSA) is 24.5 Å². The van der Waals surface area contributed by atoms with Crippen LogP contribution in [-0.2, 0) is 11.2 Å². The molecule has 0 spiro atoms. The number of morpholine rings is 1. The van der Waals surface area contributed by atoms with Gasteiger partial charge in [-0.05, 0) is 24.5 Å². The van der Waals surface area contributed by atoms with Crippen molar-refractivity contribution >= 4 is 0 Å². The summed E-state index contributed by atoms with van der Waals surface area (Å²) in [6.07, 6.45) is 1.19. The number of hydrogen-bond donors (Lipinski definition) is 1. The number of hydrazine groups is 1. The summed E-state index contributed by atoms with van der Waals surface area (Å²) in [4.78, 5) is 0. The summed E-state index contributed by atoms with van der Waals surface area (Å²) in [6.45, 7) is 4.83. The molecule has 1 fully saturated rings. The molecule has 2 aromatic carbocycles.